The molecule has 0 aliphatic rings. The normalized spacial score (nSPS) is 12.6. The van der Waals surface area contributed by atoms with Gasteiger partial charge in [0.05, 0.1) is 12.3 Å². The number of ether oxygens (including phenoxy) is 1. The summed E-state index contributed by atoms with van der Waals surface area (Å²) >= 11 is 0. The number of fused-ring (bicyclic) bond motifs is 1. The van der Waals surface area contributed by atoms with E-state index in [9.17, 15) is 19.8 Å². The number of hydrazone groups is 1. The number of hydrogen-bond acceptors (Lipinski definition) is 8. The van der Waals surface area contributed by atoms with Crippen LogP contribution in [0.15, 0.2) is 63.2 Å². The molecule has 0 amide bonds. The molecular formula is C25H28N6O5. The third kappa shape index (κ3) is 4.73. The number of rotatable bonds is 8. The quantitative estimate of drug-likeness (QED) is 0.252. The summed E-state index contributed by atoms with van der Waals surface area (Å²) in [5.74, 6) is 0.855. The van der Waals surface area contributed by atoms with Crippen molar-refractivity contribution in [1.29, 1.82) is 0 Å². The van der Waals surface area contributed by atoms with E-state index in [4.69, 9.17) is 4.74 Å². The predicted molar refractivity (Wildman–Crippen MR) is 137 cm³/mol. The highest BCUT2D eigenvalue weighted by Crippen LogP contribution is 2.20. The van der Waals surface area contributed by atoms with Crippen LogP contribution in [-0.4, -0.2) is 47.3 Å². The summed E-state index contributed by atoms with van der Waals surface area (Å²) in [6, 6.07) is 14.2. The molecule has 2 aromatic heterocycles. The minimum atomic E-state index is -1.01. The molecule has 2 heterocycles. The van der Waals surface area contributed by atoms with Crippen molar-refractivity contribution in [2.24, 2.45) is 19.2 Å². The summed E-state index contributed by atoms with van der Waals surface area (Å²) in [6.45, 7) is 3.52. The number of aromatic hydroxyl groups is 1. The molecule has 0 unspecified atom stereocenters. The fourth-order valence-electron chi connectivity index (χ4n) is 3.85. The third-order valence-electron chi connectivity index (χ3n) is 5.88. The molecule has 2 aromatic carbocycles. The van der Waals surface area contributed by atoms with Crippen molar-refractivity contribution >= 4 is 22.8 Å². The van der Waals surface area contributed by atoms with Gasteiger partial charge in [0, 0.05) is 19.7 Å². The standard InChI is InChI=1S/C25H28N6O5/c1-15-9-5-8-12-20(15)36-14-17(32)13-31-21-22(29(3)25(35)30(4)23(21)34)26-24(31)28-27-16(2)18-10-6-7-11-19(18)33/h5-12,17,32-33H,13-14H2,1-4H3,(H,26,28)/b27-16+/t17-/m0/s1. The Morgan fingerprint density at radius 3 is 2.53 bits per heavy atom. The first-order valence-electron chi connectivity index (χ1n) is 11.3. The first kappa shape index (κ1) is 24.7. The van der Waals surface area contributed by atoms with E-state index in [1.807, 2.05) is 31.2 Å². The van der Waals surface area contributed by atoms with Crippen LogP contribution in [0.25, 0.3) is 11.2 Å². The fraction of sp³-hybridized carbons (Fsp3) is 0.280. The largest absolute Gasteiger partial charge is 0.507 e. The van der Waals surface area contributed by atoms with Crippen LogP contribution in [0.1, 0.15) is 18.1 Å². The average molecular weight is 493 g/mol. The second-order valence-electron chi connectivity index (χ2n) is 8.48. The summed E-state index contributed by atoms with van der Waals surface area (Å²) in [7, 11) is 2.90. The van der Waals surface area contributed by atoms with Gasteiger partial charge in [-0.1, -0.05) is 30.3 Å². The Bertz CT molecular complexity index is 1570. The number of para-hydroxylation sites is 2. The molecule has 3 N–H and O–H groups in total. The van der Waals surface area contributed by atoms with E-state index in [1.165, 1.54) is 23.2 Å². The minimum Gasteiger partial charge on any atom is -0.507 e. The SMILES string of the molecule is C/C(=N\Nc1nc2c(c(=O)n(C)c(=O)n2C)n1C[C@H](O)COc1ccccc1C)c1ccccc1O. The lowest BCUT2D eigenvalue weighted by atomic mass is 10.1. The summed E-state index contributed by atoms with van der Waals surface area (Å²) in [5, 5.41) is 25.2. The van der Waals surface area contributed by atoms with Crippen LogP contribution >= 0.6 is 0 Å². The number of phenols is 1. The molecule has 1 atom stereocenters. The molecule has 0 fully saturated rings. The van der Waals surface area contributed by atoms with Crippen LogP contribution in [0.3, 0.4) is 0 Å². The molecule has 0 bridgehead atoms. The van der Waals surface area contributed by atoms with Crippen molar-refractivity contribution in [2.45, 2.75) is 26.5 Å². The van der Waals surface area contributed by atoms with Gasteiger partial charge in [-0.05, 0) is 37.6 Å². The van der Waals surface area contributed by atoms with Gasteiger partial charge >= 0.3 is 5.69 Å². The molecule has 4 aromatic rings. The summed E-state index contributed by atoms with van der Waals surface area (Å²) in [4.78, 5) is 29.9. The number of benzene rings is 2. The molecule has 0 saturated carbocycles. The number of nitrogens with zero attached hydrogens (tertiary/aromatic N) is 5. The van der Waals surface area contributed by atoms with Crippen LogP contribution in [0.4, 0.5) is 5.95 Å². The number of aromatic nitrogens is 4. The van der Waals surface area contributed by atoms with Crippen LogP contribution in [-0.2, 0) is 20.6 Å². The van der Waals surface area contributed by atoms with Crippen LogP contribution < -0.4 is 21.4 Å². The zero-order chi connectivity index (χ0) is 26.0. The molecule has 4 rings (SSSR count). The van der Waals surface area contributed by atoms with Gasteiger partial charge in [-0.15, -0.1) is 0 Å². The Hall–Kier alpha value is -4.38. The Balaban J connectivity index is 1.71. The van der Waals surface area contributed by atoms with Crippen molar-refractivity contribution < 1.29 is 14.9 Å². The second kappa shape index (κ2) is 10.1. The lowest BCUT2D eigenvalue weighted by Crippen LogP contribution is -2.38. The summed E-state index contributed by atoms with van der Waals surface area (Å²) in [5.41, 5.74) is 3.94. The number of anilines is 1. The molecule has 0 aliphatic heterocycles. The zero-order valence-corrected chi connectivity index (χ0v) is 20.5. The molecule has 36 heavy (non-hydrogen) atoms. The van der Waals surface area contributed by atoms with Crippen molar-refractivity contribution in [1.82, 2.24) is 18.7 Å². The van der Waals surface area contributed by atoms with Crippen molar-refractivity contribution in [2.75, 3.05) is 12.0 Å². The summed E-state index contributed by atoms with van der Waals surface area (Å²) < 4.78 is 9.49. The first-order chi connectivity index (χ1) is 17.2. The number of phenolic OH excluding ortho intramolecular Hbond substituents is 1. The smallest absolute Gasteiger partial charge is 0.332 e. The average Bonchev–Trinajstić information content (AvgIpc) is 3.22. The van der Waals surface area contributed by atoms with E-state index in [2.05, 4.69) is 15.5 Å². The molecule has 188 valence electrons. The lowest BCUT2D eigenvalue weighted by molar-refractivity contribution is 0.0935. The van der Waals surface area contributed by atoms with Crippen LogP contribution in [0, 0.1) is 6.92 Å². The number of aryl methyl sites for hydroxylation is 2. The van der Waals surface area contributed by atoms with Gasteiger partial charge in [0.25, 0.3) is 5.56 Å². The van der Waals surface area contributed by atoms with Crippen molar-refractivity contribution in [3.63, 3.8) is 0 Å². The van der Waals surface area contributed by atoms with E-state index in [-0.39, 0.29) is 36.0 Å². The van der Waals surface area contributed by atoms with E-state index in [1.54, 1.807) is 31.2 Å². The molecule has 0 saturated heterocycles. The van der Waals surface area contributed by atoms with E-state index in [0.29, 0.717) is 17.0 Å². The van der Waals surface area contributed by atoms with Gasteiger partial charge in [-0.3, -0.25) is 13.9 Å². The number of aliphatic hydroxyl groups excluding tert-OH is 1. The molecule has 11 nitrogen and oxygen atoms in total. The Morgan fingerprint density at radius 2 is 1.81 bits per heavy atom. The van der Waals surface area contributed by atoms with Crippen molar-refractivity contribution in [3.8, 4) is 11.5 Å². The first-order valence-corrected chi connectivity index (χ1v) is 11.3. The number of nitrogens with one attached hydrogen (secondary N) is 1. The van der Waals surface area contributed by atoms with Gasteiger partial charge in [-0.2, -0.15) is 10.1 Å². The minimum absolute atomic E-state index is 0.0315. The Kier molecular flexibility index (Phi) is 6.93. The van der Waals surface area contributed by atoms with Crippen molar-refractivity contribution in [3.05, 3.63) is 80.5 Å². The molecule has 0 spiro atoms. The number of hydrogen-bond donors (Lipinski definition) is 3. The van der Waals surface area contributed by atoms with Gasteiger partial charge < -0.3 is 19.5 Å². The topological polar surface area (TPSA) is 136 Å². The third-order valence-corrected chi connectivity index (χ3v) is 5.88. The molecular weight excluding hydrogens is 464 g/mol. The van der Waals surface area contributed by atoms with E-state index >= 15 is 0 Å². The number of aliphatic hydroxyl groups is 1. The Labute approximate surface area is 206 Å². The van der Waals surface area contributed by atoms with Gasteiger partial charge in [0.2, 0.25) is 5.95 Å². The molecule has 0 radical (unpaired) electrons. The monoisotopic (exact) mass is 492 g/mol. The molecule has 0 aliphatic carbocycles. The zero-order valence-electron chi connectivity index (χ0n) is 20.5. The highest BCUT2D eigenvalue weighted by atomic mass is 16.5. The maximum absolute atomic E-state index is 13.0. The fourth-order valence-corrected chi connectivity index (χ4v) is 3.85. The van der Waals surface area contributed by atoms with Gasteiger partial charge in [0.1, 0.15) is 24.2 Å². The highest BCUT2D eigenvalue weighted by molar-refractivity contribution is 6.01. The maximum Gasteiger partial charge on any atom is 0.332 e. The van der Waals surface area contributed by atoms with Crippen LogP contribution in [0.5, 0.6) is 11.5 Å². The lowest BCUT2D eigenvalue weighted by Gasteiger charge is -2.16. The van der Waals surface area contributed by atoms with Gasteiger partial charge in [-0.25, -0.2) is 10.2 Å². The maximum atomic E-state index is 13.0. The number of imidazole rings is 1. The molecule has 11 heteroatoms. The predicted octanol–water partition coefficient (Wildman–Crippen LogP) is 1.72. The van der Waals surface area contributed by atoms with E-state index in [0.717, 1.165) is 10.1 Å². The Morgan fingerprint density at radius 1 is 1.11 bits per heavy atom. The second-order valence-corrected chi connectivity index (χ2v) is 8.48. The highest BCUT2D eigenvalue weighted by Gasteiger charge is 2.21. The van der Waals surface area contributed by atoms with Crippen LogP contribution in [0.2, 0.25) is 0 Å². The van der Waals surface area contributed by atoms with E-state index < -0.39 is 17.4 Å². The summed E-state index contributed by atoms with van der Waals surface area (Å²) in [6.07, 6.45) is -1.01. The van der Waals surface area contributed by atoms with Gasteiger partial charge in [0.15, 0.2) is 11.2 Å².